The quantitative estimate of drug-likeness (QED) is 0.706. The minimum atomic E-state index is -1.14. The van der Waals surface area contributed by atoms with E-state index in [0.717, 1.165) is 40.0 Å². The monoisotopic (exact) mass is 464 g/mol. The highest BCUT2D eigenvalue weighted by Crippen LogP contribution is 2.44. The maximum absolute atomic E-state index is 13.4. The summed E-state index contributed by atoms with van der Waals surface area (Å²) in [5.41, 5.74) is 4.41. The smallest absolute Gasteiger partial charge is 0.410 e. The topological polar surface area (TPSA) is 96.4 Å². The zero-order valence-corrected chi connectivity index (χ0v) is 19.1. The SMILES string of the molecule is CN(C(=O)OCC1c2ccccc2-c2ccccc21)C(CC(=O)O)C(=O)N1C2CCC1COC2. The van der Waals surface area contributed by atoms with Crippen molar-refractivity contribution in [3.05, 3.63) is 59.7 Å². The highest BCUT2D eigenvalue weighted by molar-refractivity contribution is 5.90. The van der Waals surface area contributed by atoms with Crippen LogP contribution in [0.5, 0.6) is 0 Å². The van der Waals surface area contributed by atoms with E-state index in [9.17, 15) is 19.5 Å². The van der Waals surface area contributed by atoms with Gasteiger partial charge in [0.1, 0.15) is 12.6 Å². The Morgan fingerprint density at radius 1 is 1.03 bits per heavy atom. The molecular formula is C26H28N2O6. The van der Waals surface area contributed by atoms with Crippen LogP contribution in [0.25, 0.3) is 11.1 Å². The molecule has 3 aliphatic rings. The third-order valence-electron chi connectivity index (χ3n) is 7.24. The van der Waals surface area contributed by atoms with Gasteiger partial charge in [-0.2, -0.15) is 0 Å². The molecular weight excluding hydrogens is 436 g/mol. The maximum Gasteiger partial charge on any atom is 0.410 e. The Morgan fingerprint density at radius 2 is 1.59 bits per heavy atom. The Labute approximate surface area is 198 Å². The standard InChI is InChI=1S/C26H28N2O6/c1-27(23(12-24(29)30)25(31)28-16-10-11-17(28)14-33-13-16)26(32)34-15-22-20-8-4-2-6-18(20)19-7-3-5-9-21(19)22/h2-9,16-17,22-23H,10-15H2,1H3,(H,29,30). The van der Waals surface area contributed by atoms with E-state index in [4.69, 9.17) is 9.47 Å². The number of carboxylic acids is 1. The van der Waals surface area contributed by atoms with Gasteiger partial charge in [0.15, 0.2) is 0 Å². The number of likely N-dealkylation sites (N-methyl/N-ethyl adjacent to an activating group) is 1. The summed E-state index contributed by atoms with van der Waals surface area (Å²) < 4.78 is 11.2. The van der Waals surface area contributed by atoms with Gasteiger partial charge >= 0.3 is 12.1 Å². The van der Waals surface area contributed by atoms with Crippen LogP contribution >= 0.6 is 0 Å². The summed E-state index contributed by atoms with van der Waals surface area (Å²) in [6, 6.07) is 14.8. The molecule has 2 heterocycles. The Morgan fingerprint density at radius 3 is 2.15 bits per heavy atom. The number of aliphatic carboxylic acids is 1. The van der Waals surface area contributed by atoms with Crippen LogP contribution in [0.4, 0.5) is 4.79 Å². The molecule has 2 amide bonds. The number of amides is 2. The predicted molar refractivity (Wildman–Crippen MR) is 123 cm³/mol. The lowest BCUT2D eigenvalue weighted by molar-refractivity contribution is -0.150. The van der Waals surface area contributed by atoms with Crippen molar-refractivity contribution in [2.75, 3.05) is 26.9 Å². The van der Waals surface area contributed by atoms with E-state index in [0.29, 0.717) is 13.2 Å². The first kappa shape index (κ1) is 22.4. The third-order valence-corrected chi connectivity index (χ3v) is 7.24. The molecule has 2 fully saturated rings. The molecule has 2 aliphatic heterocycles. The number of carboxylic acid groups (broad SMARTS) is 1. The largest absolute Gasteiger partial charge is 0.481 e. The van der Waals surface area contributed by atoms with E-state index in [2.05, 4.69) is 12.1 Å². The fraction of sp³-hybridized carbons (Fsp3) is 0.423. The molecule has 0 aromatic heterocycles. The van der Waals surface area contributed by atoms with Gasteiger partial charge in [-0.25, -0.2) is 4.79 Å². The van der Waals surface area contributed by atoms with Gasteiger partial charge < -0.3 is 19.5 Å². The van der Waals surface area contributed by atoms with Crippen molar-refractivity contribution in [2.24, 2.45) is 0 Å². The first-order chi connectivity index (χ1) is 16.5. The summed E-state index contributed by atoms with van der Waals surface area (Å²) in [5.74, 6) is -1.61. The lowest BCUT2D eigenvalue weighted by atomic mass is 9.98. The first-order valence-corrected chi connectivity index (χ1v) is 11.6. The van der Waals surface area contributed by atoms with E-state index < -0.39 is 24.5 Å². The second-order valence-corrected chi connectivity index (χ2v) is 9.20. The first-order valence-electron chi connectivity index (χ1n) is 11.6. The van der Waals surface area contributed by atoms with E-state index in [-0.39, 0.29) is 30.5 Å². The highest BCUT2D eigenvalue weighted by atomic mass is 16.6. The fourth-order valence-electron chi connectivity index (χ4n) is 5.54. The van der Waals surface area contributed by atoms with Crippen LogP contribution < -0.4 is 0 Å². The number of carbonyl (C=O) groups excluding carboxylic acids is 2. The van der Waals surface area contributed by atoms with Gasteiger partial charge in [0.05, 0.1) is 31.7 Å². The number of rotatable bonds is 6. The minimum Gasteiger partial charge on any atom is -0.481 e. The lowest BCUT2D eigenvalue weighted by Gasteiger charge is -2.38. The van der Waals surface area contributed by atoms with Crippen LogP contribution in [0.3, 0.4) is 0 Å². The zero-order chi connectivity index (χ0) is 23.8. The molecule has 2 aromatic carbocycles. The fourth-order valence-corrected chi connectivity index (χ4v) is 5.54. The predicted octanol–water partition coefficient (Wildman–Crippen LogP) is 3.10. The van der Waals surface area contributed by atoms with Crippen molar-refractivity contribution in [2.45, 2.75) is 43.3 Å². The summed E-state index contributed by atoms with van der Waals surface area (Å²) in [4.78, 5) is 40.8. The van der Waals surface area contributed by atoms with Gasteiger partial charge in [-0.05, 0) is 35.1 Å². The number of carbonyl (C=O) groups is 3. The second kappa shape index (κ2) is 9.10. The van der Waals surface area contributed by atoms with Crippen molar-refractivity contribution in [3.63, 3.8) is 0 Å². The minimum absolute atomic E-state index is 0.0709. The summed E-state index contributed by atoms with van der Waals surface area (Å²) >= 11 is 0. The van der Waals surface area contributed by atoms with Crippen LogP contribution in [-0.2, 0) is 19.1 Å². The lowest BCUT2D eigenvalue weighted by Crippen LogP contribution is -2.57. The average molecular weight is 465 g/mol. The zero-order valence-electron chi connectivity index (χ0n) is 19.1. The van der Waals surface area contributed by atoms with Crippen molar-refractivity contribution in [3.8, 4) is 11.1 Å². The summed E-state index contributed by atoms with van der Waals surface area (Å²) in [5, 5.41) is 9.46. The molecule has 8 nitrogen and oxygen atoms in total. The number of ether oxygens (including phenoxy) is 2. The van der Waals surface area contributed by atoms with Gasteiger partial charge in [-0.1, -0.05) is 48.5 Å². The number of fused-ring (bicyclic) bond motifs is 5. The Balaban J connectivity index is 1.31. The normalized spacial score (nSPS) is 21.5. The Hall–Kier alpha value is -3.39. The third kappa shape index (κ3) is 3.92. The molecule has 0 radical (unpaired) electrons. The van der Waals surface area contributed by atoms with Gasteiger partial charge in [-0.3, -0.25) is 14.5 Å². The summed E-state index contributed by atoms with van der Waals surface area (Å²) in [6.45, 7) is 0.987. The van der Waals surface area contributed by atoms with Crippen LogP contribution in [0.15, 0.2) is 48.5 Å². The van der Waals surface area contributed by atoms with E-state index in [1.807, 2.05) is 36.4 Å². The van der Waals surface area contributed by atoms with Crippen LogP contribution in [0, 0.1) is 0 Å². The average Bonchev–Trinajstić information content (AvgIpc) is 3.30. The van der Waals surface area contributed by atoms with Crippen LogP contribution in [0.1, 0.15) is 36.3 Å². The van der Waals surface area contributed by atoms with Gasteiger partial charge in [0.25, 0.3) is 0 Å². The highest BCUT2D eigenvalue weighted by Gasteiger charge is 2.45. The Bertz CT molecular complexity index is 1060. The van der Waals surface area contributed by atoms with Gasteiger partial charge in [-0.15, -0.1) is 0 Å². The molecule has 34 heavy (non-hydrogen) atoms. The van der Waals surface area contributed by atoms with Crippen molar-refractivity contribution in [1.82, 2.24) is 9.80 Å². The number of hydrogen-bond donors (Lipinski definition) is 1. The maximum atomic E-state index is 13.4. The molecule has 1 N–H and O–H groups in total. The van der Waals surface area contributed by atoms with Gasteiger partial charge in [0, 0.05) is 13.0 Å². The molecule has 0 spiro atoms. The summed E-state index contributed by atoms with van der Waals surface area (Å²) in [6.07, 6.45) is 0.466. The molecule has 1 aliphatic carbocycles. The molecule has 2 bridgehead atoms. The number of nitrogens with zero attached hydrogens (tertiary/aromatic N) is 2. The molecule has 3 unspecified atom stereocenters. The number of benzene rings is 2. The van der Waals surface area contributed by atoms with E-state index >= 15 is 0 Å². The van der Waals surface area contributed by atoms with Crippen LogP contribution in [-0.4, -0.2) is 77.9 Å². The Kier molecular flexibility index (Phi) is 6.00. The van der Waals surface area contributed by atoms with Crippen LogP contribution in [0.2, 0.25) is 0 Å². The van der Waals surface area contributed by atoms with Crippen molar-refractivity contribution in [1.29, 1.82) is 0 Å². The number of morpholine rings is 1. The second-order valence-electron chi connectivity index (χ2n) is 9.20. The van der Waals surface area contributed by atoms with E-state index in [1.54, 1.807) is 4.90 Å². The summed E-state index contributed by atoms with van der Waals surface area (Å²) in [7, 11) is 1.44. The molecule has 5 rings (SSSR count). The van der Waals surface area contributed by atoms with Crippen molar-refractivity contribution < 1.29 is 29.0 Å². The molecule has 0 saturated carbocycles. The van der Waals surface area contributed by atoms with Crippen molar-refractivity contribution >= 4 is 18.0 Å². The molecule has 3 atom stereocenters. The number of hydrogen-bond acceptors (Lipinski definition) is 5. The molecule has 2 saturated heterocycles. The molecule has 2 aromatic rings. The molecule has 8 heteroatoms. The van der Waals surface area contributed by atoms with E-state index in [1.165, 1.54) is 7.05 Å². The molecule has 178 valence electrons. The van der Waals surface area contributed by atoms with Gasteiger partial charge in [0.2, 0.25) is 5.91 Å².